The molecule has 0 spiro atoms. The average molecular weight is 285 g/mol. The van der Waals surface area contributed by atoms with Gasteiger partial charge in [0.1, 0.15) is 18.1 Å². The molecule has 0 radical (unpaired) electrons. The first-order valence-corrected chi connectivity index (χ1v) is 6.97. The van der Waals surface area contributed by atoms with Crippen LogP contribution in [0, 0.1) is 5.82 Å². The molecular formula is C16H16FN3O. The highest BCUT2D eigenvalue weighted by Gasteiger charge is 2.20. The summed E-state index contributed by atoms with van der Waals surface area (Å²) in [5.74, 6) is 0.304. The van der Waals surface area contributed by atoms with Gasteiger partial charge >= 0.3 is 0 Å². The molecule has 5 heteroatoms. The van der Waals surface area contributed by atoms with Gasteiger partial charge in [-0.15, -0.1) is 0 Å². The number of rotatable bonds is 5. The van der Waals surface area contributed by atoms with E-state index in [0.29, 0.717) is 5.76 Å². The van der Waals surface area contributed by atoms with Crippen molar-refractivity contribution in [3.05, 3.63) is 60.1 Å². The molecule has 0 fully saturated rings. The number of hydrogen-bond acceptors (Lipinski definition) is 4. The molecule has 0 aliphatic rings. The minimum Gasteiger partial charge on any atom is -0.456 e. The van der Waals surface area contributed by atoms with Crippen molar-refractivity contribution >= 4 is 11.0 Å². The fourth-order valence-electron chi connectivity index (χ4n) is 2.30. The lowest BCUT2D eigenvalue weighted by Crippen LogP contribution is -2.23. The van der Waals surface area contributed by atoms with Crippen LogP contribution in [-0.2, 0) is 0 Å². The van der Waals surface area contributed by atoms with Crippen molar-refractivity contribution in [3.8, 4) is 0 Å². The fraction of sp³-hybridized carbons (Fsp3) is 0.250. The van der Waals surface area contributed by atoms with E-state index in [4.69, 9.17) is 4.42 Å². The Balaban J connectivity index is 2.03. The van der Waals surface area contributed by atoms with Gasteiger partial charge in [0.25, 0.3) is 0 Å². The average Bonchev–Trinajstić information content (AvgIpc) is 2.94. The second-order valence-corrected chi connectivity index (χ2v) is 4.83. The summed E-state index contributed by atoms with van der Waals surface area (Å²) < 4.78 is 19.5. The van der Waals surface area contributed by atoms with Crippen LogP contribution in [0.25, 0.3) is 11.0 Å². The minimum atomic E-state index is -0.351. The normalized spacial score (nSPS) is 12.7. The molecule has 0 saturated carbocycles. The zero-order chi connectivity index (χ0) is 14.7. The van der Waals surface area contributed by atoms with Crippen LogP contribution in [0.2, 0.25) is 0 Å². The maximum Gasteiger partial charge on any atom is 0.169 e. The predicted molar refractivity (Wildman–Crippen MR) is 78.3 cm³/mol. The number of furan rings is 1. The van der Waals surface area contributed by atoms with Gasteiger partial charge in [0.15, 0.2) is 11.4 Å². The zero-order valence-electron chi connectivity index (χ0n) is 11.7. The molecule has 0 aliphatic carbocycles. The number of nitrogens with zero attached hydrogens (tertiary/aromatic N) is 2. The molecule has 0 bridgehead atoms. The fourth-order valence-corrected chi connectivity index (χ4v) is 2.30. The lowest BCUT2D eigenvalue weighted by atomic mass is 10.1. The monoisotopic (exact) mass is 285 g/mol. The van der Waals surface area contributed by atoms with Crippen molar-refractivity contribution in [2.45, 2.75) is 19.4 Å². The van der Waals surface area contributed by atoms with Gasteiger partial charge in [-0.2, -0.15) is 0 Å². The molecule has 0 amide bonds. The Kier molecular flexibility index (Phi) is 3.92. The molecule has 1 N–H and O–H groups in total. The van der Waals surface area contributed by atoms with E-state index in [1.165, 1.54) is 12.4 Å². The maximum absolute atomic E-state index is 13.8. The Morgan fingerprint density at radius 3 is 2.95 bits per heavy atom. The van der Waals surface area contributed by atoms with E-state index in [-0.39, 0.29) is 17.4 Å². The summed E-state index contributed by atoms with van der Waals surface area (Å²) in [5, 5.41) is 4.13. The van der Waals surface area contributed by atoms with Crippen LogP contribution in [0.15, 0.2) is 47.3 Å². The summed E-state index contributed by atoms with van der Waals surface area (Å²) in [4.78, 5) is 8.20. The van der Waals surface area contributed by atoms with Crippen LogP contribution in [-0.4, -0.2) is 16.5 Å². The number of para-hydroxylation sites is 1. The second-order valence-electron chi connectivity index (χ2n) is 4.83. The van der Waals surface area contributed by atoms with E-state index in [0.717, 1.165) is 24.0 Å². The van der Waals surface area contributed by atoms with Crippen molar-refractivity contribution < 1.29 is 8.81 Å². The molecule has 3 rings (SSSR count). The van der Waals surface area contributed by atoms with E-state index in [1.807, 2.05) is 18.2 Å². The van der Waals surface area contributed by atoms with Gasteiger partial charge < -0.3 is 9.73 Å². The zero-order valence-corrected chi connectivity index (χ0v) is 11.7. The molecule has 0 aliphatic heterocycles. The van der Waals surface area contributed by atoms with Crippen LogP contribution >= 0.6 is 0 Å². The summed E-state index contributed by atoms with van der Waals surface area (Å²) in [6.45, 7) is 2.90. The molecule has 0 saturated heterocycles. The minimum absolute atomic E-state index is 0.209. The van der Waals surface area contributed by atoms with Gasteiger partial charge in [-0.25, -0.2) is 14.4 Å². The smallest absolute Gasteiger partial charge is 0.169 e. The van der Waals surface area contributed by atoms with Crippen molar-refractivity contribution in [2.75, 3.05) is 6.54 Å². The molecule has 4 nitrogen and oxygen atoms in total. The molecule has 21 heavy (non-hydrogen) atoms. The number of hydrogen-bond donors (Lipinski definition) is 1. The second kappa shape index (κ2) is 6.01. The summed E-state index contributed by atoms with van der Waals surface area (Å²) in [6.07, 6.45) is 4.17. The van der Waals surface area contributed by atoms with Crippen molar-refractivity contribution in [2.24, 2.45) is 0 Å². The lowest BCUT2D eigenvalue weighted by Gasteiger charge is -2.15. The summed E-state index contributed by atoms with van der Waals surface area (Å²) in [6, 6.07) is 8.39. The molecule has 1 unspecified atom stereocenters. The van der Waals surface area contributed by atoms with Crippen molar-refractivity contribution in [3.63, 3.8) is 0 Å². The molecule has 1 atom stereocenters. The number of halogens is 1. The third-order valence-electron chi connectivity index (χ3n) is 3.30. The number of fused-ring (bicyclic) bond motifs is 1. The standard InChI is InChI=1S/C16H16FN3O/c1-2-7-19-15(13-6-8-18-10-20-13)14-9-11-4-3-5-12(17)16(11)21-14/h3-6,8-10,15,19H,2,7H2,1H3. The van der Waals surface area contributed by atoms with Crippen molar-refractivity contribution in [1.29, 1.82) is 0 Å². The Morgan fingerprint density at radius 2 is 2.24 bits per heavy atom. The quantitative estimate of drug-likeness (QED) is 0.780. The highest BCUT2D eigenvalue weighted by atomic mass is 19.1. The van der Waals surface area contributed by atoms with Gasteiger partial charge in [-0.1, -0.05) is 19.1 Å². The Bertz CT molecular complexity index is 727. The van der Waals surface area contributed by atoms with E-state index in [1.54, 1.807) is 12.3 Å². The number of nitrogens with one attached hydrogen (secondary N) is 1. The number of benzene rings is 1. The van der Waals surface area contributed by atoms with Gasteiger partial charge in [0.05, 0.1) is 5.69 Å². The topological polar surface area (TPSA) is 51.0 Å². The van der Waals surface area contributed by atoms with E-state index in [9.17, 15) is 4.39 Å². The van der Waals surface area contributed by atoms with Gasteiger partial charge in [-0.3, -0.25) is 0 Å². The molecule has 2 heterocycles. The largest absolute Gasteiger partial charge is 0.456 e. The van der Waals surface area contributed by atoms with E-state index < -0.39 is 0 Å². The molecule has 3 aromatic rings. The molecule has 2 aromatic heterocycles. The Morgan fingerprint density at radius 1 is 1.33 bits per heavy atom. The third-order valence-corrected chi connectivity index (χ3v) is 3.30. The summed E-state index contributed by atoms with van der Waals surface area (Å²) in [7, 11) is 0. The number of aromatic nitrogens is 2. The lowest BCUT2D eigenvalue weighted by molar-refractivity contribution is 0.453. The third kappa shape index (κ3) is 2.78. The maximum atomic E-state index is 13.8. The first kappa shape index (κ1) is 13.7. The van der Waals surface area contributed by atoms with Gasteiger partial charge in [-0.05, 0) is 31.2 Å². The van der Waals surface area contributed by atoms with Gasteiger partial charge in [0.2, 0.25) is 0 Å². The van der Waals surface area contributed by atoms with Gasteiger partial charge in [0, 0.05) is 11.6 Å². The summed E-state index contributed by atoms with van der Waals surface area (Å²) >= 11 is 0. The highest BCUT2D eigenvalue weighted by Crippen LogP contribution is 2.28. The van der Waals surface area contributed by atoms with Crippen LogP contribution in [0.3, 0.4) is 0 Å². The summed E-state index contributed by atoms with van der Waals surface area (Å²) in [5.41, 5.74) is 1.09. The molecule has 108 valence electrons. The Labute approximate surface area is 122 Å². The van der Waals surface area contributed by atoms with E-state index in [2.05, 4.69) is 22.2 Å². The SMILES string of the molecule is CCCNC(c1ccncn1)c1cc2cccc(F)c2o1. The van der Waals surface area contributed by atoms with Crippen LogP contribution in [0.4, 0.5) is 4.39 Å². The van der Waals surface area contributed by atoms with Crippen LogP contribution in [0.5, 0.6) is 0 Å². The van der Waals surface area contributed by atoms with Crippen molar-refractivity contribution in [1.82, 2.24) is 15.3 Å². The Hall–Kier alpha value is -2.27. The highest BCUT2D eigenvalue weighted by molar-refractivity contribution is 5.78. The predicted octanol–water partition coefficient (Wildman–Crippen LogP) is 3.45. The first-order valence-electron chi connectivity index (χ1n) is 6.97. The molecule has 1 aromatic carbocycles. The van der Waals surface area contributed by atoms with Crippen LogP contribution in [0.1, 0.15) is 30.8 Å². The van der Waals surface area contributed by atoms with E-state index >= 15 is 0 Å². The van der Waals surface area contributed by atoms with Crippen LogP contribution < -0.4 is 5.32 Å². The molecular weight excluding hydrogens is 269 g/mol. The first-order chi connectivity index (χ1) is 10.3.